The Hall–Kier alpha value is -3.79. The van der Waals surface area contributed by atoms with Crippen LogP contribution in [-0.2, 0) is 0 Å². The number of methoxy groups -OCH3 is 1. The quantitative estimate of drug-likeness (QED) is 0.565. The number of ether oxygens (including phenoxy) is 2. The van der Waals surface area contributed by atoms with Gasteiger partial charge in [-0.05, 0) is 62.1 Å². The summed E-state index contributed by atoms with van der Waals surface area (Å²) >= 11 is 0. The Labute approximate surface area is 179 Å². The second-order valence-corrected chi connectivity index (χ2v) is 7.64. The molecule has 1 aliphatic carbocycles. The number of hydrogen-bond donors (Lipinski definition) is 2. The van der Waals surface area contributed by atoms with E-state index in [9.17, 15) is 9.59 Å². The first-order valence-electron chi connectivity index (χ1n) is 10.2. The molecule has 1 aliphatic rings. The molecule has 0 saturated heterocycles. The minimum absolute atomic E-state index is 0.0908. The highest BCUT2D eigenvalue weighted by molar-refractivity contribution is 5.79. The topological polar surface area (TPSA) is 100 Å². The van der Waals surface area contributed by atoms with Crippen LogP contribution in [-0.4, -0.2) is 19.3 Å². The molecule has 3 aromatic carbocycles. The molecule has 158 valence electrons. The fourth-order valence-electron chi connectivity index (χ4n) is 3.82. The third kappa shape index (κ3) is 4.53. The summed E-state index contributed by atoms with van der Waals surface area (Å²) in [5.41, 5.74) is 0.948. The van der Waals surface area contributed by atoms with E-state index in [1.54, 1.807) is 25.3 Å². The molecule has 1 saturated carbocycles. The summed E-state index contributed by atoms with van der Waals surface area (Å²) < 4.78 is 11.2. The number of nitrogens with one attached hydrogen (secondary N) is 2. The first-order valence-corrected chi connectivity index (χ1v) is 10.2. The highest BCUT2D eigenvalue weighted by atomic mass is 16.5. The average molecular weight is 417 g/mol. The van der Waals surface area contributed by atoms with Gasteiger partial charge in [-0.1, -0.05) is 6.07 Å². The van der Waals surface area contributed by atoms with E-state index in [2.05, 4.69) is 16.7 Å². The molecule has 0 bridgehead atoms. The summed E-state index contributed by atoms with van der Waals surface area (Å²) in [6, 6.07) is 16.5. The van der Waals surface area contributed by atoms with Crippen LogP contribution < -0.4 is 31.0 Å². The molecule has 0 spiro atoms. The van der Waals surface area contributed by atoms with Crippen molar-refractivity contribution in [3.63, 3.8) is 0 Å². The van der Waals surface area contributed by atoms with Gasteiger partial charge >= 0.3 is 0 Å². The molecule has 0 heterocycles. The van der Waals surface area contributed by atoms with Gasteiger partial charge in [0.2, 0.25) is 0 Å². The smallest absolute Gasteiger partial charge is 0.253 e. The van der Waals surface area contributed by atoms with Crippen LogP contribution in [0.3, 0.4) is 0 Å². The van der Waals surface area contributed by atoms with E-state index in [1.807, 2.05) is 30.3 Å². The van der Waals surface area contributed by atoms with E-state index >= 15 is 0 Å². The van der Waals surface area contributed by atoms with E-state index in [0.717, 1.165) is 31.4 Å². The molecule has 0 aliphatic heterocycles. The van der Waals surface area contributed by atoms with Crippen molar-refractivity contribution in [3.05, 3.63) is 74.5 Å². The van der Waals surface area contributed by atoms with Gasteiger partial charge in [0, 0.05) is 17.8 Å². The number of hydrogen-bond acceptors (Lipinski definition) is 7. The standard InChI is InChI=1S/C24H23N3O4/c1-30-20-4-2-3-17(13-20)27-22-21(23(28)24(22)29)26-16-7-11-19(12-8-16)31-18-9-5-15(14-25)6-10-18/h2-6,9-10,13,16,19,26-27H,7-8,11-12H2,1H3. The molecule has 1 fully saturated rings. The van der Waals surface area contributed by atoms with Crippen LogP contribution in [0.25, 0.3) is 0 Å². The van der Waals surface area contributed by atoms with E-state index in [-0.39, 0.29) is 12.1 Å². The lowest BCUT2D eigenvalue weighted by Gasteiger charge is -2.30. The Morgan fingerprint density at radius 3 is 2.32 bits per heavy atom. The van der Waals surface area contributed by atoms with Gasteiger partial charge in [-0.15, -0.1) is 0 Å². The van der Waals surface area contributed by atoms with Crippen molar-refractivity contribution < 1.29 is 9.47 Å². The van der Waals surface area contributed by atoms with Crippen LogP contribution in [0.5, 0.6) is 11.5 Å². The molecule has 0 unspecified atom stereocenters. The predicted octanol–water partition coefficient (Wildman–Crippen LogP) is 3.71. The van der Waals surface area contributed by atoms with Crippen molar-refractivity contribution in [2.75, 3.05) is 17.7 Å². The fourth-order valence-corrected chi connectivity index (χ4v) is 3.82. The first-order chi connectivity index (χ1) is 15.1. The summed E-state index contributed by atoms with van der Waals surface area (Å²) in [5, 5.41) is 15.2. The SMILES string of the molecule is COc1cccc(Nc2c(NC3CCC(Oc4ccc(C#N)cc4)CC3)c(=O)c2=O)c1. The highest BCUT2D eigenvalue weighted by Gasteiger charge is 2.27. The molecule has 0 amide bonds. The summed E-state index contributed by atoms with van der Waals surface area (Å²) in [5.74, 6) is 1.42. The van der Waals surface area contributed by atoms with Gasteiger partial charge < -0.3 is 20.1 Å². The molecule has 0 atom stereocenters. The summed E-state index contributed by atoms with van der Waals surface area (Å²) in [6.45, 7) is 0. The second-order valence-electron chi connectivity index (χ2n) is 7.64. The van der Waals surface area contributed by atoms with Crippen LogP contribution in [0.4, 0.5) is 17.1 Å². The molecular weight excluding hydrogens is 394 g/mol. The molecule has 2 N–H and O–H groups in total. The van der Waals surface area contributed by atoms with Gasteiger partial charge in [-0.2, -0.15) is 5.26 Å². The Morgan fingerprint density at radius 1 is 0.935 bits per heavy atom. The van der Waals surface area contributed by atoms with E-state index in [1.165, 1.54) is 0 Å². The Morgan fingerprint density at radius 2 is 1.65 bits per heavy atom. The largest absolute Gasteiger partial charge is 0.497 e. The summed E-state index contributed by atoms with van der Waals surface area (Å²) in [7, 11) is 1.57. The fraction of sp³-hybridized carbons (Fsp3) is 0.292. The normalized spacial score (nSPS) is 18.2. The lowest BCUT2D eigenvalue weighted by molar-refractivity contribution is 0.150. The Bertz CT molecular complexity index is 1170. The van der Waals surface area contributed by atoms with E-state index < -0.39 is 10.9 Å². The third-order valence-electron chi connectivity index (χ3n) is 5.56. The molecular formula is C24H23N3O4. The van der Waals surface area contributed by atoms with Crippen molar-refractivity contribution in [1.29, 1.82) is 5.26 Å². The minimum atomic E-state index is -0.511. The van der Waals surface area contributed by atoms with Gasteiger partial charge in [0.1, 0.15) is 22.9 Å². The predicted molar refractivity (Wildman–Crippen MR) is 119 cm³/mol. The van der Waals surface area contributed by atoms with Crippen LogP contribution in [0.1, 0.15) is 31.2 Å². The van der Waals surface area contributed by atoms with Crippen LogP contribution >= 0.6 is 0 Å². The molecule has 7 heteroatoms. The maximum Gasteiger partial charge on any atom is 0.253 e. The van der Waals surface area contributed by atoms with Crippen molar-refractivity contribution in [3.8, 4) is 17.6 Å². The molecule has 3 aromatic rings. The number of anilines is 3. The number of benzene rings is 2. The van der Waals surface area contributed by atoms with Gasteiger partial charge in [-0.25, -0.2) is 0 Å². The Balaban J connectivity index is 1.34. The van der Waals surface area contributed by atoms with Crippen LogP contribution in [0, 0.1) is 11.3 Å². The monoisotopic (exact) mass is 417 g/mol. The average Bonchev–Trinajstić information content (AvgIpc) is 2.82. The zero-order chi connectivity index (χ0) is 21.8. The van der Waals surface area contributed by atoms with E-state index in [0.29, 0.717) is 28.4 Å². The molecule has 0 radical (unpaired) electrons. The number of nitrogens with zero attached hydrogens (tertiary/aromatic N) is 1. The van der Waals surface area contributed by atoms with Crippen molar-refractivity contribution in [2.45, 2.75) is 37.8 Å². The number of rotatable bonds is 7. The van der Waals surface area contributed by atoms with Gasteiger partial charge in [0.25, 0.3) is 10.9 Å². The number of nitriles is 1. The van der Waals surface area contributed by atoms with E-state index in [4.69, 9.17) is 14.7 Å². The zero-order valence-electron chi connectivity index (χ0n) is 17.2. The lowest BCUT2D eigenvalue weighted by Crippen LogP contribution is -2.40. The maximum atomic E-state index is 12.1. The molecule has 0 aromatic heterocycles. The molecule has 31 heavy (non-hydrogen) atoms. The second kappa shape index (κ2) is 8.92. The molecule has 4 rings (SSSR count). The van der Waals surface area contributed by atoms with Crippen LogP contribution in [0.15, 0.2) is 58.1 Å². The Kier molecular flexibility index (Phi) is 5.89. The highest BCUT2D eigenvalue weighted by Crippen LogP contribution is 2.29. The minimum Gasteiger partial charge on any atom is -0.497 e. The third-order valence-corrected chi connectivity index (χ3v) is 5.56. The maximum absolute atomic E-state index is 12.1. The molecule has 7 nitrogen and oxygen atoms in total. The summed E-state index contributed by atoms with van der Waals surface area (Å²) in [4.78, 5) is 24.2. The van der Waals surface area contributed by atoms with Gasteiger partial charge in [0.15, 0.2) is 0 Å². The van der Waals surface area contributed by atoms with Crippen molar-refractivity contribution in [1.82, 2.24) is 0 Å². The van der Waals surface area contributed by atoms with Gasteiger partial charge in [0.05, 0.1) is 24.8 Å². The van der Waals surface area contributed by atoms with Gasteiger partial charge in [-0.3, -0.25) is 9.59 Å². The zero-order valence-corrected chi connectivity index (χ0v) is 17.2. The summed E-state index contributed by atoms with van der Waals surface area (Å²) in [6.07, 6.45) is 3.43. The van der Waals surface area contributed by atoms with Crippen molar-refractivity contribution >= 4 is 17.1 Å². The van der Waals surface area contributed by atoms with Crippen LogP contribution in [0.2, 0.25) is 0 Å². The van der Waals surface area contributed by atoms with Crippen molar-refractivity contribution in [2.24, 2.45) is 0 Å². The first kappa shape index (κ1) is 20.5. The lowest BCUT2D eigenvalue weighted by atomic mass is 9.92.